The third kappa shape index (κ3) is 5.56. The van der Waals surface area contributed by atoms with Gasteiger partial charge in [0.2, 0.25) is 11.8 Å². The fourth-order valence-corrected chi connectivity index (χ4v) is 2.39. The summed E-state index contributed by atoms with van der Waals surface area (Å²) >= 11 is 0. The van der Waals surface area contributed by atoms with E-state index in [-0.39, 0.29) is 24.7 Å². The average molecular weight is 319 g/mol. The molecule has 0 atom stereocenters. The second-order valence-electron chi connectivity index (χ2n) is 5.83. The predicted molar refractivity (Wildman–Crippen MR) is 89.2 cm³/mol. The van der Waals surface area contributed by atoms with Gasteiger partial charge in [0, 0.05) is 52.3 Å². The Morgan fingerprint density at radius 3 is 2.39 bits per heavy atom. The van der Waals surface area contributed by atoms with Crippen LogP contribution in [0.3, 0.4) is 0 Å². The quantitative estimate of drug-likeness (QED) is 0.850. The number of anilines is 1. The van der Waals surface area contributed by atoms with Crippen molar-refractivity contribution in [3.63, 3.8) is 0 Å². The van der Waals surface area contributed by atoms with Gasteiger partial charge in [-0.2, -0.15) is 0 Å². The summed E-state index contributed by atoms with van der Waals surface area (Å²) in [6.45, 7) is 2.90. The zero-order valence-electron chi connectivity index (χ0n) is 13.9. The first-order valence-corrected chi connectivity index (χ1v) is 7.95. The number of amides is 2. The zero-order chi connectivity index (χ0) is 16.7. The molecular formula is C17H25N3O3. The van der Waals surface area contributed by atoms with Crippen LogP contribution < -0.4 is 10.2 Å². The predicted octanol–water partition coefficient (Wildman–Crippen LogP) is 1.01. The molecule has 0 aliphatic carbocycles. The van der Waals surface area contributed by atoms with Gasteiger partial charge in [-0.05, 0) is 17.7 Å². The molecule has 1 aliphatic heterocycles. The van der Waals surface area contributed by atoms with E-state index in [4.69, 9.17) is 4.74 Å². The molecule has 1 aromatic rings. The first-order valence-electron chi connectivity index (χ1n) is 7.95. The van der Waals surface area contributed by atoms with E-state index in [0.717, 1.165) is 11.3 Å². The second-order valence-corrected chi connectivity index (χ2v) is 5.83. The van der Waals surface area contributed by atoms with Gasteiger partial charge in [0.1, 0.15) is 0 Å². The van der Waals surface area contributed by atoms with E-state index in [1.165, 1.54) is 0 Å². The van der Waals surface area contributed by atoms with Crippen LogP contribution in [-0.4, -0.2) is 57.1 Å². The van der Waals surface area contributed by atoms with Gasteiger partial charge in [0.25, 0.3) is 0 Å². The van der Waals surface area contributed by atoms with E-state index in [1.807, 2.05) is 43.3 Å². The molecule has 0 spiro atoms. The topological polar surface area (TPSA) is 61.9 Å². The standard InChI is InChI=1S/C17H25N3O3/c1-19(2)15-5-3-14(4-6-15)13-18-16(21)7-8-17(22)20-9-11-23-12-10-20/h3-6H,7-13H2,1-2H3,(H,18,21). The summed E-state index contributed by atoms with van der Waals surface area (Å²) in [6, 6.07) is 8.02. The maximum absolute atomic E-state index is 12.0. The summed E-state index contributed by atoms with van der Waals surface area (Å²) in [6.07, 6.45) is 0.484. The molecule has 2 rings (SSSR count). The highest BCUT2D eigenvalue weighted by Crippen LogP contribution is 2.12. The van der Waals surface area contributed by atoms with E-state index >= 15 is 0 Å². The van der Waals surface area contributed by atoms with Crippen molar-refractivity contribution in [3.05, 3.63) is 29.8 Å². The Hall–Kier alpha value is -2.08. The van der Waals surface area contributed by atoms with Gasteiger partial charge in [0.15, 0.2) is 0 Å². The number of hydrogen-bond donors (Lipinski definition) is 1. The summed E-state index contributed by atoms with van der Waals surface area (Å²) in [5.41, 5.74) is 2.17. The highest BCUT2D eigenvalue weighted by Gasteiger charge is 2.17. The fraction of sp³-hybridized carbons (Fsp3) is 0.529. The lowest BCUT2D eigenvalue weighted by Crippen LogP contribution is -2.41. The molecule has 6 heteroatoms. The second kappa shape index (κ2) is 8.53. The summed E-state index contributed by atoms with van der Waals surface area (Å²) in [4.78, 5) is 27.6. The number of carbonyl (C=O) groups is 2. The van der Waals surface area contributed by atoms with E-state index in [9.17, 15) is 9.59 Å². The Labute approximate surface area is 137 Å². The Kier molecular flexibility index (Phi) is 6.40. The van der Waals surface area contributed by atoms with E-state index < -0.39 is 0 Å². The van der Waals surface area contributed by atoms with Crippen molar-refractivity contribution in [1.29, 1.82) is 0 Å². The molecule has 126 valence electrons. The molecule has 1 saturated heterocycles. The molecule has 23 heavy (non-hydrogen) atoms. The molecule has 1 N–H and O–H groups in total. The lowest BCUT2D eigenvalue weighted by molar-refractivity contribution is -0.137. The monoisotopic (exact) mass is 319 g/mol. The third-order valence-electron chi connectivity index (χ3n) is 3.87. The highest BCUT2D eigenvalue weighted by molar-refractivity contribution is 5.83. The molecule has 1 aliphatic rings. The maximum Gasteiger partial charge on any atom is 0.223 e. The lowest BCUT2D eigenvalue weighted by Gasteiger charge is -2.26. The Morgan fingerprint density at radius 2 is 1.78 bits per heavy atom. The minimum atomic E-state index is -0.0942. The molecule has 0 radical (unpaired) electrons. The van der Waals surface area contributed by atoms with Gasteiger partial charge in [-0.3, -0.25) is 9.59 Å². The molecule has 2 amide bonds. The van der Waals surface area contributed by atoms with E-state index in [0.29, 0.717) is 32.8 Å². The highest BCUT2D eigenvalue weighted by atomic mass is 16.5. The minimum Gasteiger partial charge on any atom is -0.378 e. The van der Waals surface area contributed by atoms with Gasteiger partial charge in [-0.15, -0.1) is 0 Å². The summed E-state index contributed by atoms with van der Waals surface area (Å²) < 4.78 is 5.21. The van der Waals surface area contributed by atoms with Crippen molar-refractivity contribution in [2.24, 2.45) is 0 Å². The summed E-state index contributed by atoms with van der Waals surface area (Å²) in [5, 5.41) is 2.86. The number of carbonyl (C=O) groups excluding carboxylic acids is 2. The number of benzene rings is 1. The summed E-state index contributed by atoms with van der Waals surface area (Å²) in [7, 11) is 3.98. The number of nitrogens with one attached hydrogen (secondary N) is 1. The van der Waals surface area contributed by atoms with Crippen LogP contribution in [0, 0.1) is 0 Å². The van der Waals surface area contributed by atoms with Gasteiger partial charge >= 0.3 is 0 Å². The molecule has 0 aromatic heterocycles. The van der Waals surface area contributed by atoms with Gasteiger partial charge in [0.05, 0.1) is 13.2 Å². The maximum atomic E-state index is 12.0. The first kappa shape index (κ1) is 17.3. The number of nitrogens with zero attached hydrogens (tertiary/aromatic N) is 2. The first-order chi connectivity index (χ1) is 11.1. The van der Waals surface area contributed by atoms with Crippen molar-refractivity contribution in [2.45, 2.75) is 19.4 Å². The molecule has 1 aromatic carbocycles. The molecule has 0 bridgehead atoms. The third-order valence-corrected chi connectivity index (χ3v) is 3.87. The van der Waals surface area contributed by atoms with E-state index in [2.05, 4.69) is 5.32 Å². The van der Waals surface area contributed by atoms with Crippen molar-refractivity contribution < 1.29 is 14.3 Å². The molecule has 1 heterocycles. The van der Waals surface area contributed by atoms with Crippen molar-refractivity contribution in [3.8, 4) is 0 Å². The van der Waals surface area contributed by atoms with Gasteiger partial charge in [-0.1, -0.05) is 12.1 Å². The van der Waals surface area contributed by atoms with Crippen LogP contribution in [0.5, 0.6) is 0 Å². The largest absolute Gasteiger partial charge is 0.378 e. The average Bonchev–Trinajstić information content (AvgIpc) is 2.59. The van der Waals surface area contributed by atoms with Gasteiger partial charge < -0.3 is 19.9 Å². The number of rotatable bonds is 6. The Bertz CT molecular complexity index is 522. The fourth-order valence-electron chi connectivity index (χ4n) is 2.39. The minimum absolute atomic E-state index is 0.0267. The number of ether oxygens (including phenoxy) is 1. The van der Waals surface area contributed by atoms with Crippen molar-refractivity contribution >= 4 is 17.5 Å². The van der Waals surface area contributed by atoms with Crippen molar-refractivity contribution in [1.82, 2.24) is 10.2 Å². The summed E-state index contributed by atoms with van der Waals surface area (Å²) in [5.74, 6) is -0.0675. The lowest BCUT2D eigenvalue weighted by atomic mass is 10.2. The molecule has 0 unspecified atom stereocenters. The zero-order valence-corrected chi connectivity index (χ0v) is 13.9. The SMILES string of the molecule is CN(C)c1ccc(CNC(=O)CCC(=O)N2CCOCC2)cc1. The van der Waals surface area contributed by atoms with Crippen LogP contribution in [0.25, 0.3) is 0 Å². The Balaban J connectivity index is 1.69. The molecular weight excluding hydrogens is 294 g/mol. The number of hydrogen-bond acceptors (Lipinski definition) is 4. The molecule has 1 fully saturated rings. The normalized spacial score (nSPS) is 14.4. The van der Waals surface area contributed by atoms with Crippen LogP contribution in [-0.2, 0) is 20.9 Å². The van der Waals surface area contributed by atoms with E-state index in [1.54, 1.807) is 4.90 Å². The van der Waals surface area contributed by atoms with Crippen LogP contribution in [0.2, 0.25) is 0 Å². The smallest absolute Gasteiger partial charge is 0.223 e. The van der Waals surface area contributed by atoms with Crippen LogP contribution in [0.1, 0.15) is 18.4 Å². The molecule has 0 saturated carbocycles. The number of morpholine rings is 1. The Morgan fingerprint density at radius 1 is 1.13 bits per heavy atom. The van der Waals surface area contributed by atoms with Crippen LogP contribution >= 0.6 is 0 Å². The van der Waals surface area contributed by atoms with Crippen LogP contribution in [0.15, 0.2) is 24.3 Å². The van der Waals surface area contributed by atoms with Crippen molar-refractivity contribution in [2.75, 3.05) is 45.3 Å². The van der Waals surface area contributed by atoms with Gasteiger partial charge in [-0.25, -0.2) is 0 Å². The van der Waals surface area contributed by atoms with Crippen LogP contribution in [0.4, 0.5) is 5.69 Å². The molecule has 6 nitrogen and oxygen atoms in total.